The van der Waals surface area contributed by atoms with Crippen molar-refractivity contribution in [3.63, 3.8) is 0 Å². The number of rotatable bonds is 7. The van der Waals surface area contributed by atoms with Gasteiger partial charge in [0.15, 0.2) is 5.65 Å². The van der Waals surface area contributed by atoms with Gasteiger partial charge < -0.3 is 10.6 Å². The Morgan fingerprint density at radius 3 is 2.69 bits per heavy atom. The molecule has 10 heteroatoms. The van der Waals surface area contributed by atoms with E-state index in [1.165, 1.54) is 19.2 Å². The number of fused-ring (bicyclic) bond motifs is 1. The largest absolute Gasteiger partial charge is 0.383 e. The molecule has 0 radical (unpaired) electrons. The summed E-state index contributed by atoms with van der Waals surface area (Å²) < 4.78 is 1.69. The third-order valence-corrected chi connectivity index (χ3v) is 7.04. The van der Waals surface area contributed by atoms with Gasteiger partial charge in [0.1, 0.15) is 17.8 Å². The molecule has 2 heterocycles. The van der Waals surface area contributed by atoms with Crippen LogP contribution >= 0.6 is 23.2 Å². The zero-order valence-electron chi connectivity index (χ0n) is 19.9. The number of hydrogen-bond acceptors (Lipinski definition) is 6. The number of nitrogen functional groups attached to an aromatic ring is 1. The van der Waals surface area contributed by atoms with Gasteiger partial charge in [0.25, 0.3) is 0 Å². The summed E-state index contributed by atoms with van der Waals surface area (Å²) in [5.74, 6) is 0.196. The SMILES string of the molecule is CN(C(=O)/C=C/CN(C)C1CC1)c1cccc(-n2nc(-c3ccc(Cl)c(Cl)c3)c3c(N)ncnc32)c1. The van der Waals surface area contributed by atoms with Crippen LogP contribution in [0.1, 0.15) is 12.8 Å². The highest BCUT2D eigenvalue weighted by atomic mass is 35.5. The van der Waals surface area contributed by atoms with Gasteiger partial charge >= 0.3 is 0 Å². The molecule has 1 aliphatic rings. The predicted octanol–water partition coefficient (Wildman–Crippen LogP) is 4.98. The first-order valence-corrected chi connectivity index (χ1v) is 12.3. The molecule has 36 heavy (non-hydrogen) atoms. The second kappa shape index (κ2) is 9.89. The standard InChI is InChI=1S/C26H25Cl2N7O/c1-33(17-9-10-17)12-4-7-22(36)34(2)18-5-3-6-19(14-18)35-26-23(25(29)30-15-31-26)24(32-35)16-8-11-20(27)21(28)13-16/h3-8,11,13-15,17H,9-10,12H2,1-2H3,(H2,29,30,31)/b7-4+. The zero-order valence-corrected chi connectivity index (χ0v) is 21.4. The maximum absolute atomic E-state index is 12.8. The number of benzene rings is 2. The minimum atomic E-state index is -0.107. The van der Waals surface area contributed by atoms with Gasteiger partial charge in [0.05, 0.1) is 21.1 Å². The van der Waals surface area contributed by atoms with E-state index in [1.54, 1.807) is 34.8 Å². The fourth-order valence-corrected chi connectivity index (χ4v) is 4.35. The number of carbonyl (C=O) groups excluding carboxylic acids is 1. The molecule has 5 rings (SSSR count). The maximum Gasteiger partial charge on any atom is 0.250 e. The van der Waals surface area contributed by atoms with E-state index in [0.29, 0.717) is 38.6 Å². The smallest absolute Gasteiger partial charge is 0.250 e. The Morgan fingerprint density at radius 1 is 1.14 bits per heavy atom. The van der Waals surface area contributed by atoms with E-state index in [1.807, 2.05) is 36.4 Å². The van der Waals surface area contributed by atoms with Gasteiger partial charge in [0, 0.05) is 37.0 Å². The predicted molar refractivity (Wildman–Crippen MR) is 145 cm³/mol. The van der Waals surface area contributed by atoms with Crippen molar-refractivity contribution in [2.75, 3.05) is 31.3 Å². The summed E-state index contributed by atoms with van der Waals surface area (Å²) in [7, 11) is 3.83. The molecule has 0 saturated heterocycles. The Labute approximate surface area is 218 Å². The molecule has 4 aromatic rings. The van der Waals surface area contributed by atoms with Crippen molar-refractivity contribution in [1.29, 1.82) is 0 Å². The van der Waals surface area contributed by atoms with Crippen LogP contribution in [0.4, 0.5) is 11.5 Å². The second-order valence-electron chi connectivity index (χ2n) is 8.84. The van der Waals surface area contributed by atoms with Gasteiger partial charge in [-0.1, -0.05) is 41.4 Å². The molecule has 0 aliphatic heterocycles. The first kappa shape index (κ1) is 24.2. The summed E-state index contributed by atoms with van der Waals surface area (Å²) in [6.45, 7) is 0.752. The molecule has 1 saturated carbocycles. The molecular formula is C26H25Cl2N7O. The Kier molecular flexibility index (Phi) is 6.66. The van der Waals surface area contributed by atoms with Crippen molar-refractivity contribution in [2.45, 2.75) is 18.9 Å². The van der Waals surface area contributed by atoms with Gasteiger partial charge in [-0.2, -0.15) is 5.10 Å². The van der Waals surface area contributed by atoms with E-state index < -0.39 is 0 Å². The highest BCUT2D eigenvalue weighted by molar-refractivity contribution is 6.42. The van der Waals surface area contributed by atoms with E-state index in [0.717, 1.165) is 23.5 Å². The summed E-state index contributed by atoms with van der Waals surface area (Å²) in [5.41, 5.74) is 9.54. The van der Waals surface area contributed by atoms with Crippen LogP contribution in [0, 0.1) is 0 Å². The lowest BCUT2D eigenvalue weighted by Crippen LogP contribution is -2.25. The summed E-state index contributed by atoms with van der Waals surface area (Å²) in [6.07, 6.45) is 7.39. The highest BCUT2D eigenvalue weighted by Crippen LogP contribution is 2.35. The minimum Gasteiger partial charge on any atom is -0.383 e. The molecule has 2 aromatic carbocycles. The first-order chi connectivity index (χ1) is 17.3. The van der Waals surface area contributed by atoms with Crippen LogP contribution in [0.2, 0.25) is 10.0 Å². The molecule has 8 nitrogen and oxygen atoms in total. The monoisotopic (exact) mass is 521 g/mol. The lowest BCUT2D eigenvalue weighted by atomic mass is 10.1. The lowest BCUT2D eigenvalue weighted by Gasteiger charge is -2.17. The number of aromatic nitrogens is 4. The van der Waals surface area contributed by atoms with Crippen molar-refractivity contribution >= 4 is 51.6 Å². The van der Waals surface area contributed by atoms with Crippen LogP contribution in [0.3, 0.4) is 0 Å². The Morgan fingerprint density at radius 2 is 1.94 bits per heavy atom. The molecule has 184 valence electrons. The van der Waals surface area contributed by atoms with Crippen LogP contribution < -0.4 is 10.6 Å². The first-order valence-electron chi connectivity index (χ1n) is 11.5. The van der Waals surface area contributed by atoms with Crippen LogP contribution in [0.15, 0.2) is 60.9 Å². The summed E-state index contributed by atoms with van der Waals surface area (Å²) in [4.78, 5) is 25.3. The third kappa shape index (κ3) is 4.80. The summed E-state index contributed by atoms with van der Waals surface area (Å²) in [6, 6.07) is 13.4. The molecule has 1 amide bonds. The van der Waals surface area contributed by atoms with E-state index in [4.69, 9.17) is 34.0 Å². The van der Waals surface area contributed by atoms with Crippen molar-refractivity contribution in [2.24, 2.45) is 0 Å². The molecule has 0 bridgehead atoms. The molecule has 0 unspecified atom stereocenters. The quantitative estimate of drug-likeness (QED) is 0.344. The number of carbonyl (C=O) groups is 1. The minimum absolute atomic E-state index is 0.107. The zero-order chi connectivity index (χ0) is 25.4. The number of hydrogen-bond donors (Lipinski definition) is 1. The number of anilines is 2. The molecule has 2 N–H and O–H groups in total. The van der Waals surface area contributed by atoms with Gasteiger partial charge in [-0.3, -0.25) is 9.69 Å². The normalized spacial score (nSPS) is 13.7. The van der Waals surface area contributed by atoms with E-state index in [2.05, 4.69) is 21.9 Å². The van der Waals surface area contributed by atoms with Crippen molar-refractivity contribution in [3.05, 3.63) is 71.0 Å². The van der Waals surface area contributed by atoms with Crippen LogP contribution in [-0.4, -0.2) is 57.2 Å². The Hall–Kier alpha value is -3.46. The van der Waals surface area contributed by atoms with Gasteiger partial charge in [-0.15, -0.1) is 0 Å². The lowest BCUT2D eigenvalue weighted by molar-refractivity contribution is -0.113. The van der Waals surface area contributed by atoms with Crippen LogP contribution in [0.5, 0.6) is 0 Å². The average Bonchev–Trinajstić information content (AvgIpc) is 3.66. The molecule has 0 atom stereocenters. The molecular weight excluding hydrogens is 497 g/mol. The van der Waals surface area contributed by atoms with Gasteiger partial charge in [0.2, 0.25) is 5.91 Å². The van der Waals surface area contributed by atoms with E-state index >= 15 is 0 Å². The number of nitrogens with zero attached hydrogens (tertiary/aromatic N) is 6. The van der Waals surface area contributed by atoms with E-state index in [-0.39, 0.29) is 5.91 Å². The Bertz CT molecular complexity index is 1480. The average molecular weight is 522 g/mol. The van der Waals surface area contributed by atoms with Crippen LogP contribution in [-0.2, 0) is 4.79 Å². The molecule has 1 fully saturated rings. The van der Waals surface area contributed by atoms with Crippen molar-refractivity contribution in [1.82, 2.24) is 24.6 Å². The number of likely N-dealkylation sites (N-methyl/N-ethyl adjacent to an activating group) is 2. The molecule has 1 aliphatic carbocycles. The fourth-order valence-electron chi connectivity index (χ4n) is 4.06. The highest BCUT2D eigenvalue weighted by Gasteiger charge is 2.25. The van der Waals surface area contributed by atoms with Gasteiger partial charge in [-0.25, -0.2) is 14.6 Å². The van der Waals surface area contributed by atoms with Gasteiger partial charge in [-0.05, 0) is 50.2 Å². The van der Waals surface area contributed by atoms with E-state index in [9.17, 15) is 4.79 Å². The number of amides is 1. The summed E-state index contributed by atoms with van der Waals surface area (Å²) >= 11 is 12.4. The number of nitrogens with two attached hydrogens (primary N) is 1. The second-order valence-corrected chi connectivity index (χ2v) is 9.65. The molecule has 2 aromatic heterocycles. The maximum atomic E-state index is 12.8. The molecule has 0 spiro atoms. The van der Waals surface area contributed by atoms with Crippen LogP contribution in [0.25, 0.3) is 28.0 Å². The van der Waals surface area contributed by atoms with Crippen molar-refractivity contribution in [3.8, 4) is 16.9 Å². The van der Waals surface area contributed by atoms with Crippen molar-refractivity contribution < 1.29 is 4.79 Å². The topological polar surface area (TPSA) is 93.2 Å². The number of halogens is 2. The summed E-state index contributed by atoms with van der Waals surface area (Å²) in [5, 5.41) is 6.27. The fraction of sp³-hybridized carbons (Fsp3) is 0.231. The Balaban J connectivity index is 1.48. The third-order valence-electron chi connectivity index (χ3n) is 6.30.